The second-order valence-electron chi connectivity index (χ2n) is 5.27. The van der Waals surface area contributed by atoms with Gasteiger partial charge in [-0.1, -0.05) is 25.1 Å². The van der Waals surface area contributed by atoms with Gasteiger partial charge in [0.05, 0.1) is 18.6 Å². The molecule has 21 heavy (non-hydrogen) atoms. The van der Waals surface area contributed by atoms with E-state index in [1.807, 2.05) is 12.1 Å². The number of aromatic hydroxyl groups is 1. The molecule has 2 heterocycles. The van der Waals surface area contributed by atoms with Crippen LogP contribution in [0.5, 0.6) is 5.75 Å². The van der Waals surface area contributed by atoms with E-state index in [9.17, 15) is 5.11 Å². The minimum absolute atomic E-state index is 0.220. The van der Waals surface area contributed by atoms with Crippen LogP contribution in [0.1, 0.15) is 23.8 Å². The van der Waals surface area contributed by atoms with Crippen molar-refractivity contribution in [2.75, 3.05) is 6.54 Å². The van der Waals surface area contributed by atoms with Gasteiger partial charge in [0.25, 0.3) is 0 Å². The molecule has 1 aromatic carbocycles. The van der Waals surface area contributed by atoms with E-state index in [0.717, 1.165) is 18.5 Å². The molecule has 0 aliphatic carbocycles. The third-order valence-corrected chi connectivity index (χ3v) is 5.04. The molecule has 1 atom stereocenters. The molecule has 3 rings (SSSR count). The van der Waals surface area contributed by atoms with E-state index >= 15 is 0 Å². The fourth-order valence-corrected chi connectivity index (χ4v) is 3.61. The molecule has 3 N–H and O–H groups in total. The van der Waals surface area contributed by atoms with Crippen molar-refractivity contribution < 1.29 is 5.11 Å². The Morgan fingerprint density at radius 2 is 2.10 bits per heavy atom. The summed E-state index contributed by atoms with van der Waals surface area (Å²) in [6.45, 7) is 3.58. The van der Waals surface area contributed by atoms with Crippen molar-refractivity contribution in [3.63, 3.8) is 0 Å². The molecule has 0 saturated heterocycles. The Morgan fingerprint density at radius 3 is 2.71 bits per heavy atom. The van der Waals surface area contributed by atoms with Gasteiger partial charge in [-0.05, 0) is 35.6 Å². The molecule has 0 bridgehead atoms. The summed E-state index contributed by atoms with van der Waals surface area (Å²) in [6.07, 6.45) is 0.910. The van der Waals surface area contributed by atoms with Crippen LogP contribution in [0.15, 0.2) is 46.8 Å². The minimum Gasteiger partial charge on any atom is -0.508 e. The van der Waals surface area contributed by atoms with Crippen LogP contribution in [0, 0.1) is 0 Å². The Hall–Kier alpha value is -2.01. The molecule has 0 spiro atoms. The van der Waals surface area contributed by atoms with E-state index in [1.165, 1.54) is 4.88 Å². The van der Waals surface area contributed by atoms with Gasteiger partial charge in [-0.25, -0.2) is 0 Å². The number of phenolic OH excluding ortho intramolecular Hbond substituents is 1. The van der Waals surface area contributed by atoms with Crippen molar-refractivity contribution in [3.8, 4) is 5.75 Å². The van der Waals surface area contributed by atoms with E-state index in [4.69, 9.17) is 5.73 Å². The lowest BCUT2D eigenvalue weighted by Crippen LogP contribution is -2.48. The van der Waals surface area contributed by atoms with Crippen LogP contribution < -0.4 is 5.73 Å². The summed E-state index contributed by atoms with van der Waals surface area (Å²) in [5, 5.41) is 11.6. The van der Waals surface area contributed by atoms with Gasteiger partial charge in [0.2, 0.25) is 0 Å². The van der Waals surface area contributed by atoms with E-state index < -0.39 is 0 Å². The first kappa shape index (κ1) is 13.9. The lowest BCUT2D eigenvalue weighted by molar-refractivity contribution is 0.188. The molecule has 0 fully saturated rings. The molecular formula is C16H19N3OS. The maximum Gasteiger partial charge on any atom is 0.192 e. The lowest BCUT2D eigenvalue weighted by Gasteiger charge is -2.39. The molecule has 0 amide bonds. The molecule has 1 aliphatic heterocycles. The number of nitrogens with two attached hydrogens (primary N) is 1. The number of rotatable bonds is 4. The summed E-state index contributed by atoms with van der Waals surface area (Å²) in [4.78, 5) is 7.94. The van der Waals surface area contributed by atoms with Gasteiger partial charge < -0.3 is 15.7 Å². The number of nitrogens with zero attached hydrogens (tertiary/aromatic N) is 2. The van der Waals surface area contributed by atoms with Crippen LogP contribution in [0.4, 0.5) is 0 Å². The van der Waals surface area contributed by atoms with Gasteiger partial charge in [0.1, 0.15) is 5.75 Å². The van der Waals surface area contributed by atoms with Gasteiger partial charge in [-0.2, -0.15) is 0 Å². The number of aliphatic imine (C=N–C) groups is 1. The summed E-state index contributed by atoms with van der Waals surface area (Å²) in [5.41, 5.74) is 7.07. The molecule has 2 aromatic rings. The summed E-state index contributed by atoms with van der Waals surface area (Å²) in [6, 6.07) is 11.6. The molecule has 1 aliphatic rings. The van der Waals surface area contributed by atoms with Crippen molar-refractivity contribution in [1.29, 1.82) is 0 Å². The number of hydrogen-bond donors (Lipinski definition) is 2. The smallest absolute Gasteiger partial charge is 0.192 e. The van der Waals surface area contributed by atoms with E-state index in [0.29, 0.717) is 12.5 Å². The topological polar surface area (TPSA) is 61.9 Å². The molecule has 0 radical (unpaired) electrons. The maximum absolute atomic E-state index is 9.52. The van der Waals surface area contributed by atoms with Crippen molar-refractivity contribution in [1.82, 2.24) is 4.90 Å². The van der Waals surface area contributed by atoms with E-state index in [2.05, 4.69) is 34.3 Å². The Bertz CT molecular complexity index is 636. The highest BCUT2D eigenvalue weighted by molar-refractivity contribution is 7.09. The van der Waals surface area contributed by atoms with Gasteiger partial charge in [-0.3, -0.25) is 4.99 Å². The predicted octanol–water partition coefficient (Wildman–Crippen LogP) is 2.89. The number of guanidine groups is 1. The number of thiophene rings is 1. The fourth-order valence-electron chi connectivity index (χ4n) is 2.92. The average Bonchev–Trinajstić information content (AvgIpc) is 3.11. The van der Waals surface area contributed by atoms with Gasteiger partial charge in [0, 0.05) is 4.88 Å². The van der Waals surface area contributed by atoms with Crippen molar-refractivity contribution in [2.24, 2.45) is 10.7 Å². The Balaban J connectivity index is 1.97. The van der Waals surface area contributed by atoms with E-state index in [-0.39, 0.29) is 11.3 Å². The summed E-state index contributed by atoms with van der Waals surface area (Å²) < 4.78 is 0. The standard InChI is InChI=1S/C16H19N3OS/c1-2-16(12-5-7-13(20)8-6-12)11-18-15(17)19(16)10-14-4-3-9-21-14/h3-9,20H,2,10-11H2,1H3,(H2,17,18). The van der Waals surface area contributed by atoms with Crippen LogP contribution in [0.3, 0.4) is 0 Å². The van der Waals surface area contributed by atoms with Crippen LogP contribution in [0.2, 0.25) is 0 Å². The Labute approximate surface area is 128 Å². The fraction of sp³-hybridized carbons (Fsp3) is 0.312. The first-order valence-corrected chi connectivity index (χ1v) is 7.93. The third-order valence-electron chi connectivity index (χ3n) is 4.18. The molecule has 1 unspecified atom stereocenters. The third kappa shape index (κ3) is 2.38. The highest BCUT2D eigenvalue weighted by atomic mass is 32.1. The highest BCUT2D eigenvalue weighted by Gasteiger charge is 2.42. The van der Waals surface area contributed by atoms with Crippen molar-refractivity contribution in [3.05, 3.63) is 52.2 Å². The molecular weight excluding hydrogens is 282 g/mol. The zero-order valence-corrected chi connectivity index (χ0v) is 12.8. The minimum atomic E-state index is -0.220. The Kier molecular flexibility index (Phi) is 3.59. The lowest BCUT2D eigenvalue weighted by atomic mass is 9.86. The maximum atomic E-state index is 9.52. The molecule has 4 nitrogen and oxygen atoms in total. The van der Waals surface area contributed by atoms with Gasteiger partial charge in [0.15, 0.2) is 5.96 Å². The Morgan fingerprint density at radius 1 is 1.33 bits per heavy atom. The van der Waals surface area contributed by atoms with Crippen LogP contribution in [0.25, 0.3) is 0 Å². The van der Waals surface area contributed by atoms with Crippen molar-refractivity contribution >= 4 is 17.3 Å². The normalized spacial score (nSPS) is 21.6. The zero-order valence-electron chi connectivity index (χ0n) is 12.0. The predicted molar refractivity (Wildman–Crippen MR) is 86.4 cm³/mol. The molecule has 5 heteroatoms. The summed E-state index contributed by atoms with van der Waals surface area (Å²) >= 11 is 1.73. The summed E-state index contributed by atoms with van der Waals surface area (Å²) in [5.74, 6) is 0.875. The van der Waals surface area contributed by atoms with Crippen molar-refractivity contribution in [2.45, 2.75) is 25.4 Å². The monoisotopic (exact) mass is 301 g/mol. The number of phenols is 1. The quantitative estimate of drug-likeness (QED) is 0.913. The van der Waals surface area contributed by atoms with Crippen LogP contribution >= 0.6 is 11.3 Å². The number of hydrogen-bond acceptors (Lipinski definition) is 5. The first-order valence-electron chi connectivity index (χ1n) is 7.05. The zero-order chi connectivity index (χ0) is 14.9. The second kappa shape index (κ2) is 5.41. The van der Waals surface area contributed by atoms with E-state index in [1.54, 1.807) is 23.5 Å². The van der Waals surface area contributed by atoms with Gasteiger partial charge in [-0.15, -0.1) is 11.3 Å². The molecule has 0 saturated carbocycles. The van der Waals surface area contributed by atoms with Crippen LogP contribution in [-0.4, -0.2) is 22.5 Å². The highest BCUT2D eigenvalue weighted by Crippen LogP contribution is 2.38. The van der Waals surface area contributed by atoms with Gasteiger partial charge >= 0.3 is 0 Å². The second-order valence-corrected chi connectivity index (χ2v) is 6.30. The first-order chi connectivity index (χ1) is 10.2. The largest absolute Gasteiger partial charge is 0.508 e. The number of benzene rings is 1. The molecule has 110 valence electrons. The SMILES string of the molecule is CCC1(c2ccc(O)cc2)CN=C(N)N1Cc1cccs1. The molecule has 1 aromatic heterocycles. The average molecular weight is 301 g/mol. The van der Waals surface area contributed by atoms with Crippen LogP contribution in [-0.2, 0) is 12.1 Å². The summed E-state index contributed by atoms with van der Waals surface area (Å²) in [7, 11) is 0.